The largest absolute Gasteiger partial charge is 0.451 e. The maximum Gasteiger partial charge on any atom is 0.259 e. The standard InChI is InChI=1S/C13H8Br2N2O3/c14-10-4-7(20-11(10)15)5-16-6-1-2-8-9(3-6)13(19)17-12(8)18/h1-4,16H,5H2,(H,17,18,19). The highest BCUT2D eigenvalue weighted by Gasteiger charge is 2.26. The lowest BCUT2D eigenvalue weighted by Gasteiger charge is -2.05. The minimum atomic E-state index is -0.364. The van der Waals surface area contributed by atoms with E-state index in [9.17, 15) is 9.59 Å². The number of imide groups is 1. The van der Waals surface area contributed by atoms with Crippen LogP contribution in [0.25, 0.3) is 0 Å². The van der Waals surface area contributed by atoms with E-state index in [2.05, 4.69) is 42.5 Å². The van der Waals surface area contributed by atoms with E-state index in [4.69, 9.17) is 4.42 Å². The molecule has 0 fully saturated rings. The quantitative estimate of drug-likeness (QED) is 0.776. The summed E-state index contributed by atoms with van der Waals surface area (Å²) >= 11 is 6.60. The summed E-state index contributed by atoms with van der Waals surface area (Å²) in [6.45, 7) is 0.471. The first-order valence-corrected chi connectivity index (χ1v) is 7.30. The predicted molar refractivity (Wildman–Crippen MR) is 79.7 cm³/mol. The van der Waals surface area contributed by atoms with E-state index in [1.165, 1.54) is 0 Å². The molecular formula is C13H8Br2N2O3. The number of hydrogen-bond acceptors (Lipinski definition) is 4. The maximum absolute atomic E-state index is 11.6. The molecule has 102 valence electrons. The Labute approximate surface area is 131 Å². The third kappa shape index (κ3) is 2.38. The highest BCUT2D eigenvalue weighted by Crippen LogP contribution is 2.27. The van der Waals surface area contributed by atoms with Crippen LogP contribution in [-0.2, 0) is 6.54 Å². The highest BCUT2D eigenvalue weighted by atomic mass is 79.9. The van der Waals surface area contributed by atoms with Gasteiger partial charge >= 0.3 is 0 Å². The van der Waals surface area contributed by atoms with Crippen molar-refractivity contribution in [1.82, 2.24) is 5.32 Å². The number of amides is 2. The second kappa shape index (κ2) is 5.06. The molecule has 0 saturated heterocycles. The first-order valence-electron chi connectivity index (χ1n) is 5.72. The average molecular weight is 400 g/mol. The molecule has 0 bridgehead atoms. The van der Waals surface area contributed by atoms with Crippen LogP contribution in [0.2, 0.25) is 0 Å². The summed E-state index contributed by atoms with van der Waals surface area (Å²) in [6, 6.07) is 6.89. The first-order chi connectivity index (χ1) is 9.54. The minimum Gasteiger partial charge on any atom is -0.451 e. The summed E-state index contributed by atoms with van der Waals surface area (Å²) in [5, 5.41) is 5.40. The topological polar surface area (TPSA) is 71.3 Å². The molecule has 5 nitrogen and oxygen atoms in total. The summed E-state index contributed by atoms with van der Waals surface area (Å²) < 4.78 is 6.91. The van der Waals surface area contributed by atoms with Crippen LogP contribution in [0.5, 0.6) is 0 Å². The number of rotatable bonds is 3. The van der Waals surface area contributed by atoms with Gasteiger partial charge in [0.15, 0.2) is 4.67 Å². The minimum absolute atomic E-state index is 0.351. The number of furan rings is 1. The third-order valence-electron chi connectivity index (χ3n) is 2.90. The molecule has 2 heterocycles. The van der Waals surface area contributed by atoms with Crippen LogP contribution in [0.3, 0.4) is 0 Å². The van der Waals surface area contributed by atoms with Crippen molar-refractivity contribution in [2.24, 2.45) is 0 Å². The molecule has 1 aliphatic rings. The molecule has 3 rings (SSSR count). The van der Waals surface area contributed by atoms with Crippen LogP contribution in [0, 0.1) is 0 Å². The molecule has 0 atom stereocenters. The van der Waals surface area contributed by atoms with Crippen molar-refractivity contribution in [3.8, 4) is 0 Å². The van der Waals surface area contributed by atoms with Gasteiger partial charge in [-0.2, -0.15) is 0 Å². The van der Waals surface area contributed by atoms with Gasteiger partial charge < -0.3 is 9.73 Å². The van der Waals surface area contributed by atoms with Gasteiger partial charge in [0, 0.05) is 5.69 Å². The monoisotopic (exact) mass is 398 g/mol. The molecule has 1 aromatic carbocycles. The Bertz CT molecular complexity index is 705. The summed E-state index contributed by atoms with van der Waals surface area (Å²) in [4.78, 5) is 23.0. The SMILES string of the molecule is O=C1NC(=O)c2cc(NCc3cc(Br)c(Br)o3)ccc21. The van der Waals surface area contributed by atoms with Gasteiger partial charge in [-0.15, -0.1) is 0 Å². The van der Waals surface area contributed by atoms with Gasteiger partial charge in [0.05, 0.1) is 22.1 Å². The first kappa shape index (κ1) is 13.4. The van der Waals surface area contributed by atoms with Crippen LogP contribution in [0.1, 0.15) is 26.5 Å². The summed E-state index contributed by atoms with van der Waals surface area (Å²) in [6.07, 6.45) is 0. The highest BCUT2D eigenvalue weighted by molar-refractivity contribution is 9.13. The lowest BCUT2D eigenvalue weighted by Crippen LogP contribution is -2.19. The lowest BCUT2D eigenvalue weighted by molar-refractivity contribution is 0.0879. The number of nitrogens with one attached hydrogen (secondary N) is 2. The molecule has 1 aliphatic heterocycles. The van der Waals surface area contributed by atoms with E-state index in [-0.39, 0.29) is 11.8 Å². The van der Waals surface area contributed by atoms with E-state index in [1.807, 2.05) is 6.07 Å². The van der Waals surface area contributed by atoms with E-state index in [0.29, 0.717) is 22.3 Å². The number of halogens is 2. The van der Waals surface area contributed by atoms with Gasteiger partial charge in [0.25, 0.3) is 11.8 Å². The normalized spacial score (nSPS) is 13.3. The third-order valence-corrected chi connectivity index (χ3v) is 4.61. The molecule has 2 N–H and O–H groups in total. The van der Waals surface area contributed by atoms with Gasteiger partial charge in [-0.3, -0.25) is 14.9 Å². The smallest absolute Gasteiger partial charge is 0.259 e. The van der Waals surface area contributed by atoms with Crippen LogP contribution in [-0.4, -0.2) is 11.8 Å². The van der Waals surface area contributed by atoms with Gasteiger partial charge in [-0.25, -0.2) is 0 Å². The van der Waals surface area contributed by atoms with Gasteiger partial charge in [-0.1, -0.05) is 0 Å². The van der Waals surface area contributed by atoms with E-state index in [0.717, 1.165) is 15.9 Å². The summed E-state index contributed by atoms with van der Waals surface area (Å²) in [7, 11) is 0. The molecule has 0 unspecified atom stereocenters. The average Bonchev–Trinajstić information content (AvgIpc) is 2.88. The van der Waals surface area contributed by atoms with Crippen molar-refractivity contribution in [1.29, 1.82) is 0 Å². The van der Waals surface area contributed by atoms with Crippen LogP contribution < -0.4 is 10.6 Å². The number of hydrogen-bond donors (Lipinski definition) is 2. The van der Waals surface area contributed by atoms with Gasteiger partial charge in [-0.05, 0) is 56.1 Å². The van der Waals surface area contributed by atoms with Gasteiger partial charge in [0.1, 0.15) is 5.76 Å². The van der Waals surface area contributed by atoms with E-state index < -0.39 is 0 Å². The van der Waals surface area contributed by atoms with Crippen LogP contribution in [0.4, 0.5) is 5.69 Å². The van der Waals surface area contributed by atoms with Crippen molar-refractivity contribution < 1.29 is 14.0 Å². The Morgan fingerprint density at radius 3 is 2.55 bits per heavy atom. The molecule has 0 spiro atoms. The Kier molecular flexibility index (Phi) is 3.39. The van der Waals surface area contributed by atoms with Crippen molar-refractivity contribution in [2.75, 3.05) is 5.32 Å². The molecule has 0 saturated carbocycles. The lowest BCUT2D eigenvalue weighted by atomic mass is 10.1. The van der Waals surface area contributed by atoms with E-state index in [1.54, 1.807) is 18.2 Å². The number of fused-ring (bicyclic) bond motifs is 1. The molecule has 2 aromatic rings. The van der Waals surface area contributed by atoms with Gasteiger partial charge in [0.2, 0.25) is 0 Å². The zero-order chi connectivity index (χ0) is 14.3. The molecule has 1 aromatic heterocycles. The second-order valence-electron chi connectivity index (χ2n) is 4.23. The fourth-order valence-electron chi connectivity index (χ4n) is 1.95. The fourth-order valence-corrected chi connectivity index (χ4v) is 2.60. The maximum atomic E-state index is 11.6. The number of carbonyl (C=O) groups is 2. The molecular weight excluding hydrogens is 392 g/mol. The Morgan fingerprint density at radius 1 is 1.10 bits per heavy atom. The van der Waals surface area contributed by atoms with Crippen molar-refractivity contribution in [3.05, 3.63) is 50.3 Å². The molecule has 0 aliphatic carbocycles. The predicted octanol–water partition coefficient (Wildman–Crippen LogP) is 3.30. The Balaban J connectivity index is 1.77. The number of benzene rings is 1. The Morgan fingerprint density at radius 2 is 1.85 bits per heavy atom. The van der Waals surface area contributed by atoms with Crippen molar-refractivity contribution in [3.63, 3.8) is 0 Å². The zero-order valence-corrected chi connectivity index (χ0v) is 13.2. The molecule has 2 amide bonds. The zero-order valence-electron chi connectivity index (χ0n) is 10.00. The summed E-state index contributed by atoms with van der Waals surface area (Å²) in [5.41, 5.74) is 1.54. The molecule has 20 heavy (non-hydrogen) atoms. The van der Waals surface area contributed by atoms with Crippen LogP contribution in [0.15, 0.2) is 37.8 Å². The molecule has 0 radical (unpaired) electrons. The Hall–Kier alpha value is -1.60. The number of carbonyl (C=O) groups excluding carboxylic acids is 2. The van der Waals surface area contributed by atoms with Crippen molar-refractivity contribution in [2.45, 2.75) is 6.54 Å². The van der Waals surface area contributed by atoms with Crippen LogP contribution >= 0.6 is 31.9 Å². The number of anilines is 1. The molecule has 7 heteroatoms. The summed E-state index contributed by atoms with van der Waals surface area (Å²) in [5.74, 6) is 0.0253. The van der Waals surface area contributed by atoms with Crippen molar-refractivity contribution >= 4 is 49.4 Å². The fraction of sp³-hybridized carbons (Fsp3) is 0.0769. The second-order valence-corrected chi connectivity index (χ2v) is 5.81. The van der Waals surface area contributed by atoms with E-state index >= 15 is 0 Å².